The van der Waals surface area contributed by atoms with Gasteiger partial charge in [0.2, 0.25) is 0 Å². The molecular formula is C27H29F3N8O2. The van der Waals surface area contributed by atoms with Gasteiger partial charge < -0.3 is 15.0 Å². The molecule has 1 aromatic carbocycles. The van der Waals surface area contributed by atoms with E-state index in [2.05, 4.69) is 35.6 Å². The highest BCUT2D eigenvalue weighted by Gasteiger charge is 2.30. The van der Waals surface area contributed by atoms with Gasteiger partial charge in [0, 0.05) is 43.5 Å². The van der Waals surface area contributed by atoms with Crippen molar-refractivity contribution in [2.24, 2.45) is 7.05 Å². The zero-order chi connectivity index (χ0) is 27.8. The van der Waals surface area contributed by atoms with Crippen LogP contribution >= 0.6 is 0 Å². The molecule has 1 unspecified atom stereocenters. The Morgan fingerprint density at radius 1 is 1.12 bits per heavy atom. The molecule has 4 aromatic rings. The first-order valence-corrected chi connectivity index (χ1v) is 13.4. The Kier molecular flexibility index (Phi) is 7.03. The third kappa shape index (κ3) is 5.19. The van der Waals surface area contributed by atoms with Gasteiger partial charge in [-0.15, -0.1) is 5.10 Å². The van der Waals surface area contributed by atoms with Gasteiger partial charge in [-0.05, 0) is 78.8 Å². The van der Waals surface area contributed by atoms with E-state index in [1.807, 2.05) is 19.2 Å². The number of carbonyl (C=O) groups excluding carboxylic acids is 1. The number of rotatable bonds is 7. The van der Waals surface area contributed by atoms with Gasteiger partial charge in [0.25, 0.3) is 5.91 Å². The summed E-state index contributed by atoms with van der Waals surface area (Å²) in [5, 5.41) is 19.3. The summed E-state index contributed by atoms with van der Waals surface area (Å²) in [6.45, 7) is -2.34. The van der Waals surface area contributed by atoms with E-state index < -0.39 is 12.4 Å². The average molecular weight is 555 g/mol. The molecule has 0 radical (unpaired) electrons. The second kappa shape index (κ2) is 10.8. The minimum Gasteiger partial charge on any atom is -0.435 e. The summed E-state index contributed by atoms with van der Waals surface area (Å²) in [5.41, 5.74) is 2.52. The lowest BCUT2D eigenvalue weighted by molar-refractivity contribution is -0.0500. The molecule has 6 rings (SSSR count). The van der Waals surface area contributed by atoms with Crippen LogP contribution in [0, 0.1) is 5.82 Å². The van der Waals surface area contributed by atoms with E-state index in [9.17, 15) is 18.0 Å². The first kappa shape index (κ1) is 26.1. The molecule has 1 aliphatic carbocycles. The monoisotopic (exact) mass is 554 g/mol. The lowest BCUT2D eigenvalue weighted by atomic mass is 9.85. The Labute approximate surface area is 228 Å². The summed E-state index contributed by atoms with van der Waals surface area (Å²) in [5.74, 6) is 0.123. The number of halogens is 3. The lowest BCUT2D eigenvalue weighted by Crippen LogP contribution is -2.37. The molecule has 210 valence electrons. The molecule has 40 heavy (non-hydrogen) atoms. The summed E-state index contributed by atoms with van der Waals surface area (Å²) in [4.78, 5) is 15.4. The smallest absolute Gasteiger partial charge is 0.387 e. The van der Waals surface area contributed by atoms with E-state index in [4.69, 9.17) is 0 Å². The van der Waals surface area contributed by atoms with Gasteiger partial charge in [0.15, 0.2) is 5.82 Å². The highest BCUT2D eigenvalue weighted by molar-refractivity contribution is 6.01. The molecule has 1 saturated carbocycles. The number of nitrogens with zero attached hydrogens (tertiary/aromatic N) is 7. The van der Waals surface area contributed by atoms with E-state index in [1.165, 1.54) is 12.1 Å². The SMILES string of the molecule is Cn1nnnc1C1CCC(NC(=O)c2cnn3ccc(N4CCCC4c4cc(F)cc(OC(F)F)c4)cc23)CC1. The van der Waals surface area contributed by atoms with E-state index in [1.54, 1.807) is 21.6 Å². The second-order valence-electron chi connectivity index (χ2n) is 10.4. The zero-order valence-electron chi connectivity index (χ0n) is 21.9. The summed E-state index contributed by atoms with van der Waals surface area (Å²) >= 11 is 0. The number of aromatic nitrogens is 6. The third-order valence-electron chi connectivity index (χ3n) is 7.92. The summed E-state index contributed by atoms with van der Waals surface area (Å²) in [7, 11) is 1.84. The highest BCUT2D eigenvalue weighted by atomic mass is 19.3. The number of anilines is 1. The molecule has 1 amide bonds. The molecule has 0 bridgehead atoms. The Morgan fingerprint density at radius 3 is 2.70 bits per heavy atom. The van der Waals surface area contributed by atoms with Crippen molar-refractivity contribution in [1.29, 1.82) is 0 Å². The molecule has 1 atom stereocenters. The number of aryl methyl sites for hydroxylation is 1. The van der Waals surface area contributed by atoms with Crippen LogP contribution in [0.25, 0.3) is 5.52 Å². The fraction of sp³-hybridized carbons (Fsp3) is 0.444. The molecule has 0 spiro atoms. The standard InChI is InChI=1S/C27H29F3N8O2/c1-36-25(33-34-35-36)16-4-6-19(7-5-16)32-26(39)22-15-31-38-10-8-20(14-24(22)38)37-9-2-3-23(37)17-11-18(28)13-21(12-17)40-27(29)30/h8,10-16,19,23,27H,2-7,9H2,1H3,(H,32,39). The summed E-state index contributed by atoms with van der Waals surface area (Å²) in [6, 6.07) is 7.38. The van der Waals surface area contributed by atoms with Gasteiger partial charge in [-0.1, -0.05) is 0 Å². The van der Waals surface area contributed by atoms with E-state index >= 15 is 0 Å². The van der Waals surface area contributed by atoms with Crippen molar-refractivity contribution in [3.05, 3.63) is 65.5 Å². The number of pyridine rings is 1. The quantitative estimate of drug-likeness (QED) is 0.361. The fourth-order valence-electron chi connectivity index (χ4n) is 6.03. The molecule has 4 heterocycles. The van der Waals surface area contributed by atoms with Crippen LogP contribution in [0.4, 0.5) is 18.9 Å². The second-order valence-corrected chi connectivity index (χ2v) is 10.4. The number of nitrogens with one attached hydrogen (secondary N) is 1. The van der Waals surface area contributed by atoms with Crippen LogP contribution in [-0.4, -0.2) is 54.9 Å². The number of benzene rings is 1. The molecule has 1 aliphatic heterocycles. The molecule has 3 aromatic heterocycles. The minimum atomic E-state index is -3.03. The van der Waals surface area contributed by atoms with Gasteiger partial charge in [-0.25, -0.2) is 13.6 Å². The van der Waals surface area contributed by atoms with Crippen LogP contribution in [0.3, 0.4) is 0 Å². The Morgan fingerprint density at radius 2 is 1.95 bits per heavy atom. The van der Waals surface area contributed by atoms with Crippen LogP contribution in [-0.2, 0) is 7.05 Å². The number of alkyl halides is 2. The first-order valence-electron chi connectivity index (χ1n) is 13.4. The van der Waals surface area contributed by atoms with E-state index in [0.717, 1.165) is 56.1 Å². The molecule has 13 heteroatoms. The number of fused-ring (bicyclic) bond motifs is 1. The molecule has 2 fully saturated rings. The van der Waals surface area contributed by atoms with Crippen LogP contribution in [0.15, 0.2) is 42.7 Å². The Balaban J connectivity index is 1.18. The van der Waals surface area contributed by atoms with Crippen molar-refractivity contribution in [3.63, 3.8) is 0 Å². The van der Waals surface area contributed by atoms with Crippen molar-refractivity contribution in [3.8, 4) is 5.75 Å². The van der Waals surface area contributed by atoms with Crippen LogP contribution in [0.1, 0.15) is 72.2 Å². The topological polar surface area (TPSA) is 102 Å². The maximum Gasteiger partial charge on any atom is 0.387 e. The molecule has 10 nitrogen and oxygen atoms in total. The molecular weight excluding hydrogens is 525 g/mol. The largest absolute Gasteiger partial charge is 0.435 e. The molecule has 1 saturated heterocycles. The Bertz CT molecular complexity index is 1510. The van der Waals surface area contributed by atoms with Crippen molar-refractivity contribution in [1.82, 2.24) is 35.1 Å². The minimum absolute atomic E-state index is 0.0451. The maximum atomic E-state index is 14.3. The number of hydrogen-bond donors (Lipinski definition) is 1. The maximum absolute atomic E-state index is 14.3. The van der Waals surface area contributed by atoms with Crippen LogP contribution in [0.5, 0.6) is 5.75 Å². The van der Waals surface area contributed by atoms with Crippen LogP contribution in [0.2, 0.25) is 0 Å². The van der Waals surface area contributed by atoms with Crippen LogP contribution < -0.4 is 15.0 Å². The number of tetrazole rings is 1. The van der Waals surface area contributed by atoms with Crippen molar-refractivity contribution < 1.29 is 22.7 Å². The zero-order valence-corrected chi connectivity index (χ0v) is 21.9. The van der Waals surface area contributed by atoms with Crippen molar-refractivity contribution >= 4 is 17.1 Å². The molecule has 2 aliphatic rings. The van der Waals surface area contributed by atoms with Gasteiger partial charge in [0.1, 0.15) is 11.6 Å². The number of ether oxygens (including phenoxy) is 1. The van der Waals surface area contributed by atoms with E-state index in [-0.39, 0.29) is 29.7 Å². The van der Waals surface area contributed by atoms with Crippen molar-refractivity contribution in [2.45, 2.75) is 63.1 Å². The number of amides is 1. The molecule has 1 N–H and O–H groups in total. The summed E-state index contributed by atoms with van der Waals surface area (Å²) in [6.07, 6.45) is 8.35. The fourth-order valence-corrected chi connectivity index (χ4v) is 6.03. The first-order chi connectivity index (χ1) is 19.4. The number of carbonyl (C=O) groups is 1. The van der Waals surface area contributed by atoms with E-state index in [0.29, 0.717) is 23.2 Å². The van der Waals surface area contributed by atoms with Gasteiger partial charge in [0.05, 0.1) is 23.3 Å². The predicted molar refractivity (Wildman–Crippen MR) is 139 cm³/mol. The summed E-state index contributed by atoms with van der Waals surface area (Å²) < 4.78 is 47.6. The number of hydrogen-bond acceptors (Lipinski definition) is 7. The van der Waals surface area contributed by atoms with Gasteiger partial charge >= 0.3 is 6.61 Å². The average Bonchev–Trinajstić information content (AvgIpc) is 3.67. The highest BCUT2D eigenvalue weighted by Crippen LogP contribution is 2.38. The third-order valence-corrected chi connectivity index (χ3v) is 7.92. The van der Waals surface area contributed by atoms with Gasteiger partial charge in [-0.3, -0.25) is 4.79 Å². The van der Waals surface area contributed by atoms with Crippen molar-refractivity contribution in [2.75, 3.05) is 11.4 Å². The Hall–Kier alpha value is -4.16. The predicted octanol–water partition coefficient (Wildman–Crippen LogP) is 4.40. The lowest BCUT2D eigenvalue weighted by Gasteiger charge is -2.28. The van der Waals surface area contributed by atoms with Gasteiger partial charge in [-0.2, -0.15) is 13.9 Å². The normalized spacial score (nSPS) is 21.3.